The molecule has 0 aromatic heterocycles. The molecule has 0 spiro atoms. The number of hydrogen-bond donors (Lipinski definition) is 5. The minimum atomic E-state index is -2.07. The second-order valence-corrected chi connectivity index (χ2v) is 7.00. The van der Waals surface area contributed by atoms with E-state index in [1.807, 2.05) is 0 Å². The van der Waals surface area contributed by atoms with E-state index < -0.39 is 34.9 Å². The van der Waals surface area contributed by atoms with E-state index in [1.165, 1.54) is 24.3 Å². The Morgan fingerprint density at radius 2 is 1.52 bits per heavy atom. The summed E-state index contributed by atoms with van der Waals surface area (Å²) in [5.74, 6) is -5.30. The lowest BCUT2D eigenvalue weighted by Gasteiger charge is -2.57. The van der Waals surface area contributed by atoms with E-state index in [4.69, 9.17) is 0 Å². The molecule has 1 amide bonds. The van der Waals surface area contributed by atoms with Crippen LogP contribution in [0.15, 0.2) is 42.5 Å². The number of aliphatic carboxylic acids is 1. The van der Waals surface area contributed by atoms with Gasteiger partial charge in [0, 0.05) is 6.54 Å². The van der Waals surface area contributed by atoms with Crippen molar-refractivity contribution in [1.82, 2.24) is 5.32 Å². The summed E-state index contributed by atoms with van der Waals surface area (Å²) in [5.41, 5.74) is -3.20. The minimum absolute atomic E-state index is 0.0941. The summed E-state index contributed by atoms with van der Waals surface area (Å²) in [6, 6.07) is 10.4. The number of carboxylic acid groups (broad SMARTS) is 1. The van der Waals surface area contributed by atoms with Crippen LogP contribution in [0.3, 0.4) is 0 Å². The predicted molar refractivity (Wildman–Crippen MR) is 93.8 cm³/mol. The van der Waals surface area contributed by atoms with Crippen LogP contribution in [0.2, 0.25) is 0 Å². The fraction of sp³-hybridized carbons (Fsp3) is 0.300. The third kappa shape index (κ3) is 1.98. The number of amides is 1. The summed E-state index contributed by atoms with van der Waals surface area (Å²) in [6.45, 7) is 1.94. The van der Waals surface area contributed by atoms with Crippen molar-refractivity contribution in [3.8, 4) is 5.75 Å². The molecule has 7 nitrogen and oxygen atoms in total. The van der Waals surface area contributed by atoms with Crippen molar-refractivity contribution in [2.24, 2.45) is 11.8 Å². The lowest BCUT2D eigenvalue weighted by molar-refractivity contribution is -0.180. The molecule has 0 heterocycles. The SMILES string of the molecule is CCNC(=O)C1C(C(=O)O)C2(O)c3ccccc3C1(O)c1ccc(O)cc12. The van der Waals surface area contributed by atoms with Gasteiger partial charge in [0.05, 0.1) is 5.92 Å². The van der Waals surface area contributed by atoms with Crippen molar-refractivity contribution in [3.05, 3.63) is 64.7 Å². The van der Waals surface area contributed by atoms with Crippen LogP contribution in [-0.4, -0.2) is 38.8 Å². The Bertz CT molecular complexity index is 973. The van der Waals surface area contributed by atoms with Crippen LogP contribution >= 0.6 is 0 Å². The van der Waals surface area contributed by atoms with Crippen molar-refractivity contribution in [2.75, 3.05) is 6.54 Å². The van der Waals surface area contributed by atoms with E-state index in [2.05, 4.69) is 5.32 Å². The van der Waals surface area contributed by atoms with Gasteiger partial charge in [-0.05, 0) is 41.3 Å². The molecule has 4 atom stereocenters. The monoisotopic (exact) mass is 369 g/mol. The van der Waals surface area contributed by atoms with Gasteiger partial charge in [-0.1, -0.05) is 30.3 Å². The summed E-state index contributed by atoms with van der Waals surface area (Å²) in [7, 11) is 0. The van der Waals surface area contributed by atoms with Gasteiger partial charge in [-0.2, -0.15) is 0 Å². The average Bonchev–Trinajstić information content (AvgIpc) is 2.63. The Morgan fingerprint density at radius 1 is 0.963 bits per heavy atom. The molecule has 5 N–H and O–H groups in total. The van der Waals surface area contributed by atoms with E-state index >= 15 is 0 Å². The summed E-state index contributed by atoms with van der Waals surface area (Å²) in [6.07, 6.45) is 0. The molecule has 3 aliphatic rings. The van der Waals surface area contributed by atoms with Crippen LogP contribution in [0.25, 0.3) is 0 Å². The van der Waals surface area contributed by atoms with Crippen molar-refractivity contribution in [1.29, 1.82) is 0 Å². The number of fused-ring (bicyclic) bond motifs is 1. The zero-order chi connectivity index (χ0) is 19.6. The molecule has 2 aromatic carbocycles. The van der Waals surface area contributed by atoms with E-state index in [-0.39, 0.29) is 29.0 Å². The number of phenols is 1. The van der Waals surface area contributed by atoms with Gasteiger partial charge in [0.25, 0.3) is 0 Å². The largest absolute Gasteiger partial charge is 0.508 e. The maximum absolute atomic E-state index is 12.8. The number of rotatable bonds is 3. The predicted octanol–water partition coefficient (Wildman–Crippen LogP) is 0.644. The first-order chi connectivity index (χ1) is 12.8. The van der Waals surface area contributed by atoms with Gasteiger partial charge in [0.15, 0.2) is 0 Å². The van der Waals surface area contributed by atoms with Crippen LogP contribution < -0.4 is 5.32 Å². The van der Waals surface area contributed by atoms with Crippen molar-refractivity contribution in [2.45, 2.75) is 18.1 Å². The maximum Gasteiger partial charge on any atom is 0.311 e. The molecular formula is C20H19NO6. The van der Waals surface area contributed by atoms with Crippen LogP contribution in [0, 0.1) is 11.8 Å². The molecule has 5 rings (SSSR count). The standard InChI is InChI=1S/C20H19NO6/c1-2-21-17(23)15-16(18(24)25)20(27)12-6-4-3-5-11(12)19(15,26)13-8-7-10(22)9-14(13)20/h3-9,15-16,22,26-27H,2H2,1H3,(H,21,23)(H,24,25). The van der Waals surface area contributed by atoms with Gasteiger partial charge in [-0.3, -0.25) is 9.59 Å². The van der Waals surface area contributed by atoms with E-state index in [0.29, 0.717) is 5.56 Å². The summed E-state index contributed by atoms with van der Waals surface area (Å²) < 4.78 is 0. The zero-order valence-electron chi connectivity index (χ0n) is 14.5. The molecular weight excluding hydrogens is 350 g/mol. The van der Waals surface area contributed by atoms with E-state index in [1.54, 1.807) is 25.1 Å². The van der Waals surface area contributed by atoms with Crippen LogP contribution in [0.4, 0.5) is 0 Å². The number of nitrogens with one attached hydrogen (secondary N) is 1. The molecule has 0 saturated heterocycles. The number of aromatic hydroxyl groups is 1. The molecule has 7 heteroatoms. The summed E-state index contributed by atoms with van der Waals surface area (Å²) >= 11 is 0. The maximum atomic E-state index is 12.8. The van der Waals surface area contributed by atoms with Crippen molar-refractivity contribution >= 4 is 11.9 Å². The Labute approximate surface area is 154 Å². The second kappa shape index (κ2) is 5.55. The summed E-state index contributed by atoms with van der Waals surface area (Å²) in [5, 5.41) is 45.9. The van der Waals surface area contributed by atoms with Gasteiger partial charge in [-0.15, -0.1) is 0 Å². The fourth-order valence-electron chi connectivity index (χ4n) is 4.72. The zero-order valence-corrected chi connectivity index (χ0v) is 14.5. The number of benzene rings is 2. The second-order valence-electron chi connectivity index (χ2n) is 7.00. The first kappa shape index (κ1) is 17.5. The molecule has 27 heavy (non-hydrogen) atoms. The molecule has 0 radical (unpaired) electrons. The number of carbonyl (C=O) groups is 2. The smallest absolute Gasteiger partial charge is 0.311 e. The Balaban J connectivity index is 2.14. The normalized spacial score (nSPS) is 30.3. The van der Waals surface area contributed by atoms with Gasteiger partial charge in [0.1, 0.15) is 22.9 Å². The molecule has 2 aromatic rings. The highest BCUT2D eigenvalue weighted by molar-refractivity contribution is 5.91. The van der Waals surface area contributed by atoms with Crippen LogP contribution in [-0.2, 0) is 20.8 Å². The molecule has 3 aliphatic carbocycles. The molecule has 0 aliphatic heterocycles. The molecule has 140 valence electrons. The fourth-order valence-corrected chi connectivity index (χ4v) is 4.72. The van der Waals surface area contributed by atoms with Gasteiger partial charge in [-0.25, -0.2) is 0 Å². The number of carboxylic acids is 1. The van der Waals surface area contributed by atoms with Crippen LogP contribution in [0.1, 0.15) is 29.2 Å². The Kier molecular flexibility index (Phi) is 3.60. The van der Waals surface area contributed by atoms with E-state index in [0.717, 1.165) is 0 Å². The van der Waals surface area contributed by atoms with E-state index in [9.17, 15) is 30.0 Å². The number of phenolic OH excluding ortho intramolecular Hbond substituents is 1. The highest BCUT2D eigenvalue weighted by Crippen LogP contribution is 2.62. The number of hydrogen-bond acceptors (Lipinski definition) is 5. The van der Waals surface area contributed by atoms with Crippen molar-refractivity contribution in [3.63, 3.8) is 0 Å². The molecule has 2 bridgehead atoms. The average molecular weight is 369 g/mol. The molecule has 4 unspecified atom stereocenters. The Morgan fingerprint density at radius 3 is 2.07 bits per heavy atom. The molecule has 0 saturated carbocycles. The lowest BCUT2D eigenvalue weighted by Crippen LogP contribution is -2.65. The van der Waals surface area contributed by atoms with Gasteiger partial charge < -0.3 is 25.7 Å². The highest BCUT2D eigenvalue weighted by atomic mass is 16.4. The number of carbonyl (C=O) groups excluding carboxylic acids is 1. The highest BCUT2D eigenvalue weighted by Gasteiger charge is 2.69. The van der Waals surface area contributed by atoms with Crippen molar-refractivity contribution < 1.29 is 30.0 Å². The quantitative estimate of drug-likeness (QED) is 0.540. The third-order valence-electron chi connectivity index (χ3n) is 5.71. The third-order valence-corrected chi connectivity index (χ3v) is 5.71. The van der Waals surface area contributed by atoms with Crippen LogP contribution in [0.5, 0.6) is 5.75 Å². The van der Waals surface area contributed by atoms with Gasteiger partial charge in [0.2, 0.25) is 5.91 Å². The lowest BCUT2D eigenvalue weighted by atomic mass is 9.49. The van der Waals surface area contributed by atoms with Gasteiger partial charge >= 0.3 is 5.97 Å². The first-order valence-electron chi connectivity index (χ1n) is 8.67. The molecule has 0 fully saturated rings. The Hall–Kier alpha value is -2.90. The minimum Gasteiger partial charge on any atom is -0.508 e. The first-order valence-corrected chi connectivity index (χ1v) is 8.67. The topological polar surface area (TPSA) is 127 Å². The summed E-state index contributed by atoms with van der Waals surface area (Å²) in [4.78, 5) is 25.0. The number of aliphatic hydroxyl groups is 2.